The van der Waals surface area contributed by atoms with Crippen molar-refractivity contribution in [1.82, 2.24) is 5.32 Å². The molecule has 0 spiro atoms. The molecule has 17 heavy (non-hydrogen) atoms. The number of nitrogens with one attached hydrogen (secondary N) is 1. The van der Waals surface area contributed by atoms with Crippen LogP contribution in [0.1, 0.15) is 12.0 Å². The van der Waals surface area contributed by atoms with Crippen molar-refractivity contribution in [2.75, 3.05) is 13.1 Å². The monoisotopic (exact) mass is 233 g/mol. The van der Waals surface area contributed by atoms with Crippen molar-refractivity contribution in [3.63, 3.8) is 0 Å². The molecule has 1 heterocycles. The lowest BCUT2D eigenvalue weighted by Crippen LogP contribution is -2.41. The second-order valence-corrected chi connectivity index (χ2v) is 4.08. The molecule has 1 saturated heterocycles. The van der Waals surface area contributed by atoms with Crippen LogP contribution in [0.5, 0.6) is 0 Å². The Morgan fingerprint density at radius 2 is 2.12 bits per heavy atom. The predicted octanol–water partition coefficient (Wildman–Crippen LogP) is 0.908. The summed E-state index contributed by atoms with van der Waals surface area (Å²) >= 11 is 0. The van der Waals surface area contributed by atoms with Crippen LogP contribution in [0.3, 0.4) is 0 Å². The average molecular weight is 233 g/mol. The van der Waals surface area contributed by atoms with E-state index in [0.717, 1.165) is 5.56 Å². The molecule has 0 radical (unpaired) electrons. The topological polar surface area (TPSA) is 55.4 Å². The number of carbonyl (C=O) groups excluding carboxylic acids is 2. The number of esters is 1. The van der Waals surface area contributed by atoms with Crippen LogP contribution in [0.4, 0.5) is 0 Å². The summed E-state index contributed by atoms with van der Waals surface area (Å²) in [7, 11) is 0. The zero-order chi connectivity index (χ0) is 12.1. The standard InChI is InChI=1S/C13H15NO3/c15-12-8-14-7-6-11(12)13(16)17-9-10-4-2-1-3-5-10/h1-5,11,14H,6-9H2. The van der Waals surface area contributed by atoms with Crippen LogP contribution in [-0.2, 0) is 20.9 Å². The largest absolute Gasteiger partial charge is 0.460 e. The van der Waals surface area contributed by atoms with Gasteiger partial charge in [-0.2, -0.15) is 0 Å². The Balaban J connectivity index is 1.87. The Morgan fingerprint density at radius 1 is 1.35 bits per heavy atom. The Morgan fingerprint density at radius 3 is 2.82 bits per heavy atom. The van der Waals surface area contributed by atoms with E-state index >= 15 is 0 Å². The average Bonchev–Trinajstić information content (AvgIpc) is 2.38. The third-order valence-corrected chi connectivity index (χ3v) is 2.81. The number of hydrogen-bond acceptors (Lipinski definition) is 4. The molecule has 1 fully saturated rings. The maximum absolute atomic E-state index is 11.7. The van der Waals surface area contributed by atoms with Gasteiger partial charge < -0.3 is 10.1 Å². The van der Waals surface area contributed by atoms with Crippen LogP contribution in [0.25, 0.3) is 0 Å². The maximum Gasteiger partial charge on any atom is 0.316 e. The van der Waals surface area contributed by atoms with Crippen molar-refractivity contribution >= 4 is 11.8 Å². The second kappa shape index (κ2) is 5.59. The third kappa shape index (κ3) is 3.14. The van der Waals surface area contributed by atoms with Gasteiger partial charge in [-0.1, -0.05) is 30.3 Å². The van der Waals surface area contributed by atoms with Crippen molar-refractivity contribution in [2.45, 2.75) is 13.0 Å². The molecule has 1 N–H and O–H groups in total. The summed E-state index contributed by atoms with van der Waals surface area (Å²) in [5.74, 6) is -1.06. The Labute approximate surface area is 100.0 Å². The van der Waals surface area contributed by atoms with Gasteiger partial charge in [-0.3, -0.25) is 9.59 Å². The van der Waals surface area contributed by atoms with Gasteiger partial charge >= 0.3 is 5.97 Å². The lowest BCUT2D eigenvalue weighted by Gasteiger charge is -2.19. The number of piperidine rings is 1. The molecule has 0 saturated carbocycles. The van der Waals surface area contributed by atoms with Crippen LogP contribution < -0.4 is 5.32 Å². The van der Waals surface area contributed by atoms with E-state index in [1.807, 2.05) is 30.3 Å². The highest BCUT2D eigenvalue weighted by Gasteiger charge is 2.29. The summed E-state index contributed by atoms with van der Waals surface area (Å²) in [5, 5.41) is 2.94. The van der Waals surface area contributed by atoms with E-state index in [2.05, 4.69) is 5.32 Å². The summed E-state index contributed by atoms with van der Waals surface area (Å²) in [4.78, 5) is 23.2. The van der Waals surface area contributed by atoms with Crippen LogP contribution in [-0.4, -0.2) is 24.8 Å². The Bertz CT molecular complexity index is 402. The first-order chi connectivity index (χ1) is 8.27. The number of Topliss-reactive ketones (excluding diaryl/α,β-unsaturated/α-hetero) is 1. The number of carbonyl (C=O) groups is 2. The van der Waals surface area contributed by atoms with E-state index in [0.29, 0.717) is 13.0 Å². The minimum Gasteiger partial charge on any atom is -0.460 e. The number of rotatable bonds is 3. The van der Waals surface area contributed by atoms with E-state index in [1.54, 1.807) is 0 Å². The summed E-state index contributed by atoms with van der Waals surface area (Å²) in [6.07, 6.45) is 0.534. The zero-order valence-corrected chi connectivity index (χ0v) is 9.52. The minimum atomic E-state index is -0.583. The fourth-order valence-corrected chi connectivity index (χ4v) is 1.82. The van der Waals surface area contributed by atoms with Gasteiger partial charge in [0, 0.05) is 0 Å². The van der Waals surface area contributed by atoms with Gasteiger partial charge in [0.25, 0.3) is 0 Å². The molecule has 90 valence electrons. The first kappa shape index (κ1) is 11.8. The number of benzene rings is 1. The molecule has 4 nitrogen and oxygen atoms in total. The summed E-state index contributed by atoms with van der Waals surface area (Å²) in [6.45, 7) is 1.19. The molecule has 0 aliphatic carbocycles. The molecular formula is C13H15NO3. The lowest BCUT2D eigenvalue weighted by atomic mass is 9.97. The van der Waals surface area contributed by atoms with Gasteiger partial charge in [-0.25, -0.2) is 0 Å². The predicted molar refractivity (Wildman–Crippen MR) is 62.2 cm³/mol. The molecule has 1 aromatic carbocycles. The molecular weight excluding hydrogens is 218 g/mol. The summed E-state index contributed by atoms with van der Waals surface area (Å²) in [6, 6.07) is 9.45. The molecule has 1 unspecified atom stereocenters. The van der Waals surface area contributed by atoms with Crippen molar-refractivity contribution in [3.8, 4) is 0 Å². The van der Waals surface area contributed by atoms with Crippen LogP contribution >= 0.6 is 0 Å². The van der Waals surface area contributed by atoms with Crippen molar-refractivity contribution < 1.29 is 14.3 Å². The van der Waals surface area contributed by atoms with E-state index in [9.17, 15) is 9.59 Å². The van der Waals surface area contributed by atoms with Gasteiger partial charge in [0.2, 0.25) is 0 Å². The zero-order valence-electron chi connectivity index (χ0n) is 9.52. The van der Waals surface area contributed by atoms with Gasteiger partial charge in [0.05, 0.1) is 6.54 Å². The molecule has 1 atom stereocenters. The third-order valence-electron chi connectivity index (χ3n) is 2.81. The number of ketones is 1. The number of hydrogen-bond donors (Lipinski definition) is 1. The molecule has 1 aliphatic heterocycles. The molecule has 1 aromatic rings. The Kier molecular flexibility index (Phi) is 3.88. The lowest BCUT2D eigenvalue weighted by molar-refractivity contribution is -0.154. The van der Waals surface area contributed by atoms with Gasteiger partial charge in [-0.05, 0) is 18.5 Å². The van der Waals surface area contributed by atoms with Crippen molar-refractivity contribution in [1.29, 1.82) is 0 Å². The van der Waals surface area contributed by atoms with Crippen LogP contribution in [0.15, 0.2) is 30.3 Å². The van der Waals surface area contributed by atoms with E-state index in [4.69, 9.17) is 4.74 Å². The maximum atomic E-state index is 11.7. The molecule has 2 rings (SSSR count). The normalized spacial score (nSPS) is 20.0. The molecule has 0 amide bonds. The van der Waals surface area contributed by atoms with E-state index in [1.165, 1.54) is 0 Å². The molecule has 0 bridgehead atoms. The van der Waals surface area contributed by atoms with Gasteiger partial charge in [0.1, 0.15) is 12.5 Å². The highest BCUT2D eigenvalue weighted by Crippen LogP contribution is 2.12. The molecule has 0 aromatic heterocycles. The smallest absolute Gasteiger partial charge is 0.316 e. The number of ether oxygens (including phenoxy) is 1. The van der Waals surface area contributed by atoms with Crippen molar-refractivity contribution in [3.05, 3.63) is 35.9 Å². The second-order valence-electron chi connectivity index (χ2n) is 4.08. The van der Waals surface area contributed by atoms with Crippen LogP contribution in [0, 0.1) is 5.92 Å². The molecule has 4 heteroatoms. The first-order valence-corrected chi connectivity index (χ1v) is 5.71. The highest BCUT2D eigenvalue weighted by molar-refractivity contribution is 6.00. The minimum absolute atomic E-state index is 0.0747. The SMILES string of the molecule is O=C1CNCCC1C(=O)OCc1ccccc1. The fraction of sp³-hybridized carbons (Fsp3) is 0.385. The van der Waals surface area contributed by atoms with E-state index < -0.39 is 11.9 Å². The summed E-state index contributed by atoms with van der Waals surface area (Å²) < 4.78 is 5.15. The van der Waals surface area contributed by atoms with E-state index in [-0.39, 0.29) is 18.9 Å². The van der Waals surface area contributed by atoms with Crippen molar-refractivity contribution in [2.24, 2.45) is 5.92 Å². The van der Waals surface area contributed by atoms with Gasteiger partial charge in [0.15, 0.2) is 5.78 Å². The summed E-state index contributed by atoms with van der Waals surface area (Å²) in [5.41, 5.74) is 0.933. The van der Waals surface area contributed by atoms with Gasteiger partial charge in [-0.15, -0.1) is 0 Å². The highest BCUT2D eigenvalue weighted by atomic mass is 16.5. The quantitative estimate of drug-likeness (QED) is 0.622. The van der Waals surface area contributed by atoms with Crippen LogP contribution in [0.2, 0.25) is 0 Å². The Hall–Kier alpha value is -1.68. The molecule has 1 aliphatic rings. The first-order valence-electron chi connectivity index (χ1n) is 5.71. The fourth-order valence-electron chi connectivity index (χ4n) is 1.82.